The number of nitrogens with one attached hydrogen (secondary N) is 1. The monoisotopic (exact) mass is 269 g/mol. The first-order valence-corrected chi connectivity index (χ1v) is 5.49. The zero-order valence-electron chi connectivity index (χ0n) is 9.47. The second kappa shape index (κ2) is 4.78. The fourth-order valence-corrected chi connectivity index (χ4v) is 1.66. The summed E-state index contributed by atoms with van der Waals surface area (Å²) in [5, 5.41) is 2.72. The van der Waals surface area contributed by atoms with E-state index < -0.39 is 11.6 Å². The summed E-state index contributed by atoms with van der Waals surface area (Å²) in [6.07, 6.45) is 1.35. The van der Waals surface area contributed by atoms with Crippen molar-refractivity contribution in [1.82, 2.24) is 4.98 Å². The molecule has 2 aromatic rings. The van der Waals surface area contributed by atoms with Gasteiger partial charge in [0.1, 0.15) is 17.3 Å². The number of hydrogen-bond acceptors (Lipinski definition) is 3. The second-order valence-electron chi connectivity index (χ2n) is 3.78. The van der Waals surface area contributed by atoms with Gasteiger partial charge in [0.15, 0.2) is 5.82 Å². The number of aryl methyl sites for hydroxylation is 1. The van der Waals surface area contributed by atoms with E-state index in [1.807, 2.05) is 0 Å². The van der Waals surface area contributed by atoms with Gasteiger partial charge in [0.2, 0.25) is 0 Å². The van der Waals surface area contributed by atoms with Crippen LogP contribution in [0, 0.1) is 18.6 Å². The third kappa shape index (κ3) is 2.36. The Morgan fingerprint density at radius 3 is 2.72 bits per heavy atom. The number of rotatable bonds is 2. The van der Waals surface area contributed by atoms with E-state index in [-0.39, 0.29) is 16.5 Å². The van der Waals surface area contributed by atoms with Gasteiger partial charge in [0, 0.05) is 0 Å². The van der Waals surface area contributed by atoms with Crippen molar-refractivity contribution in [2.75, 3.05) is 11.1 Å². The molecule has 0 radical (unpaired) electrons. The Hall–Kier alpha value is -1.88. The van der Waals surface area contributed by atoms with Crippen molar-refractivity contribution in [1.29, 1.82) is 0 Å². The maximum Gasteiger partial charge on any atom is 0.152 e. The van der Waals surface area contributed by atoms with Crippen molar-refractivity contribution in [3.05, 3.63) is 46.6 Å². The zero-order chi connectivity index (χ0) is 13.3. The standard InChI is InChI=1S/C12H10ClF2N3/c1-6-2-3-9(14)11(10(6)15)18-12-8(13)4-7(16)5-17-12/h2-5H,16H2,1H3,(H,17,18). The highest BCUT2D eigenvalue weighted by molar-refractivity contribution is 6.33. The maximum atomic E-state index is 13.8. The molecule has 0 bridgehead atoms. The molecule has 0 unspecified atom stereocenters. The van der Waals surface area contributed by atoms with Crippen molar-refractivity contribution in [3.8, 4) is 0 Å². The molecule has 0 aliphatic rings. The molecule has 3 N–H and O–H groups in total. The Bertz CT molecular complexity index is 602. The third-order valence-corrected chi connectivity index (χ3v) is 2.68. The Kier molecular flexibility index (Phi) is 3.34. The average Bonchev–Trinajstić information content (AvgIpc) is 2.32. The quantitative estimate of drug-likeness (QED) is 0.875. The van der Waals surface area contributed by atoms with Gasteiger partial charge in [0.05, 0.1) is 16.9 Å². The van der Waals surface area contributed by atoms with Gasteiger partial charge < -0.3 is 11.1 Å². The van der Waals surface area contributed by atoms with Gasteiger partial charge in [-0.05, 0) is 24.6 Å². The van der Waals surface area contributed by atoms with Crippen LogP contribution in [0.2, 0.25) is 5.02 Å². The summed E-state index contributed by atoms with van der Waals surface area (Å²) >= 11 is 5.87. The lowest BCUT2D eigenvalue weighted by Gasteiger charge is -2.11. The largest absolute Gasteiger partial charge is 0.397 e. The lowest BCUT2D eigenvalue weighted by molar-refractivity contribution is 0.585. The number of halogens is 3. The van der Waals surface area contributed by atoms with Gasteiger partial charge in [0.25, 0.3) is 0 Å². The fourth-order valence-electron chi connectivity index (χ4n) is 1.43. The van der Waals surface area contributed by atoms with E-state index in [0.717, 1.165) is 0 Å². The number of nitrogens with zero attached hydrogens (tertiary/aromatic N) is 1. The van der Waals surface area contributed by atoms with Crippen molar-refractivity contribution in [3.63, 3.8) is 0 Å². The van der Waals surface area contributed by atoms with E-state index in [9.17, 15) is 8.78 Å². The van der Waals surface area contributed by atoms with Crippen LogP contribution in [-0.2, 0) is 0 Å². The highest BCUT2D eigenvalue weighted by atomic mass is 35.5. The minimum atomic E-state index is -0.715. The van der Waals surface area contributed by atoms with Crippen LogP contribution < -0.4 is 11.1 Å². The number of pyridine rings is 1. The molecule has 0 spiro atoms. The van der Waals surface area contributed by atoms with Crippen molar-refractivity contribution >= 4 is 28.8 Å². The summed E-state index contributed by atoms with van der Waals surface area (Å²) in [7, 11) is 0. The van der Waals surface area contributed by atoms with Crippen LogP contribution in [0.5, 0.6) is 0 Å². The molecular formula is C12H10ClF2N3. The van der Waals surface area contributed by atoms with Crippen LogP contribution in [-0.4, -0.2) is 4.98 Å². The third-order valence-electron chi connectivity index (χ3n) is 2.39. The minimum Gasteiger partial charge on any atom is -0.397 e. The number of anilines is 3. The first-order chi connectivity index (χ1) is 8.49. The normalized spacial score (nSPS) is 10.4. The molecule has 3 nitrogen and oxygen atoms in total. The molecule has 1 aromatic carbocycles. The van der Waals surface area contributed by atoms with Gasteiger partial charge in [-0.3, -0.25) is 0 Å². The van der Waals surface area contributed by atoms with Crippen LogP contribution in [0.3, 0.4) is 0 Å². The number of nitrogen functional groups attached to an aromatic ring is 1. The molecule has 1 aromatic heterocycles. The number of aromatic nitrogens is 1. The van der Waals surface area contributed by atoms with Crippen LogP contribution in [0.25, 0.3) is 0 Å². The Morgan fingerprint density at radius 1 is 1.33 bits per heavy atom. The van der Waals surface area contributed by atoms with Gasteiger partial charge in [-0.2, -0.15) is 0 Å². The van der Waals surface area contributed by atoms with E-state index in [1.54, 1.807) is 0 Å². The molecule has 94 valence electrons. The molecule has 0 atom stereocenters. The van der Waals surface area contributed by atoms with Gasteiger partial charge in [-0.1, -0.05) is 17.7 Å². The summed E-state index contributed by atoms with van der Waals surface area (Å²) in [6.45, 7) is 1.54. The molecule has 1 heterocycles. The highest BCUT2D eigenvalue weighted by Crippen LogP contribution is 2.29. The van der Waals surface area contributed by atoms with Crippen molar-refractivity contribution in [2.24, 2.45) is 0 Å². The summed E-state index contributed by atoms with van der Waals surface area (Å²) in [6, 6.07) is 3.97. The Morgan fingerprint density at radius 2 is 2.06 bits per heavy atom. The van der Waals surface area contributed by atoms with Crippen LogP contribution in [0.1, 0.15) is 5.56 Å². The van der Waals surface area contributed by atoms with Gasteiger partial charge in [-0.25, -0.2) is 13.8 Å². The molecule has 0 amide bonds. The first-order valence-electron chi connectivity index (χ1n) is 5.11. The number of nitrogens with two attached hydrogens (primary N) is 1. The topological polar surface area (TPSA) is 50.9 Å². The molecule has 0 aliphatic carbocycles. The predicted molar refractivity (Wildman–Crippen MR) is 68.0 cm³/mol. The molecule has 6 heteroatoms. The highest BCUT2D eigenvalue weighted by Gasteiger charge is 2.13. The van der Waals surface area contributed by atoms with E-state index in [4.69, 9.17) is 17.3 Å². The Labute approximate surface area is 108 Å². The van der Waals surface area contributed by atoms with E-state index >= 15 is 0 Å². The summed E-state index contributed by atoms with van der Waals surface area (Å²) in [5.41, 5.74) is 5.89. The van der Waals surface area contributed by atoms with E-state index in [1.165, 1.54) is 31.3 Å². The van der Waals surface area contributed by atoms with Crippen LogP contribution >= 0.6 is 11.6 Å². The predicted octanol–water partition coefficient (Wildman–Crippen LogP) is 3.65. The first kappa shape index (κ1) is 12.6. The average molecular weight is 270 g/mol. The molecule has 0 fully saturated rings. The van der Waals surface area contributed by atoms with Crippen molar-refractivity contribution in [2.45, 2.75) is 6.92 Å². The molecule has 0 saturated heterocycles. The SMILES string of the molecule is Cc1ccc(F)c(Nc2ncc(N)cc2Cl)c1F. The number of benzene rings is 1. The molecule has 2 rings (SSSR count). The minimum absolute atomic E-state index is 0.147. The molecule has 18 heavy (non-hydrogen) atoms. The fraction of sp³-hybridized carbons (Fsp3) is 0.0833. The van der Waals surface area contributed by atoms with E-state index in [2.05, 4.69) is 10.3 Å². The van der Waals surface area contributed by atoms with E-state index in [0.29, 0.717) is 11.3 Å². The lowest BCUT2D eigenvalue weighted by Crippen LogP contribution is -2.02. The lowest BCUT2D eigenvalue weighted by atomic mass is 10.2. The zero-order valence-corrected chi connectivity index (χ0v) is 10.2. The van der Waals surface area contributed by atoms with Crippen molar-refractivity contribution < 1.29 is 8.78 Å². The van der Waals surface area contributed by atoms with Gasteiger partial charge >= 0.3 is 0 Å². The Balaban J connectivity index is 2.43. The summed E-state index contributed by atoms with van der Waals surface area (Å²) in [5.74, 6) is -1.24. The number of hydrogen-bond donors (Lipinski definition) is 2. The van der Waals surface area contributed by atoms with Crippen LogP contribution in [0.4, 0.5) is 26.0 Å². The summed E-state index contributed by atoms with van der Waals surface area (Å²) in [4.78, 5) is 3.88. The molecule has 0 saturated carbocycles. The second-order valence-corrected chi connectivity index (χ2v) is 4.18. The molecule has 0 aliphatic heterocycles. The van der Waals surface area contributed by atoms with Gasteiger partial charge in [-0.15, -0.1) is 0 Å². The smallest absolute Gasteiger partial charge is 0.152 e. The maximum absolute atomic E-state index is 13.8. The molecular weight excluding hydrogens is 260 g/mol. The summed E-state index contributed by atoms with van der Waals surface area (Å²) < 4.78 is 27.3. The van der Waals surface area contributed by atoms with Crippen LogP contribution in [0.15, 0.2) is 24.4 Å².